The largest absolute Gasteiger partial charge is 0.343 e. The van der Waals surface area contributed by atoms with Gasteiger partial charge in [-0.25, -0.2) is 13.2 Å². The zero-order valence-electron chi connectivity index (χ0n) is 13.2. The number of benzene rings is 1. The molecule has 1 unspecified atom stereocenters. The molecule has 0 aromatic heterocycles. The van der Waals surface area contributed by atoms with Crippen LogP contribution >= 0.6 is 0 Å². The standard InChI is InChI=1S/C18H20F3NO2/c19-15-9-13(10-16(20)18(15)21)8-14(11-23)22-17(24)7-6-12-4-2-1-3-5-12/h6-7,9-12,14H,1-5,8H2,(H,22,24)/b7-6+. The van der Waals surface area contributed by atoms with Crippen LogP contribution in [-0.2, 0) is 16.0 Å². The zero-order chi connectivity index (χ0) is 17.5. The summed E-state index contributed by atoms with van der Waals surface area (Å²) in [5.74, 6) is -4.25. The lowest BCUT2D eigenvalue weighted by molar-refractivity contribution is -0.120. The summed E-state index contributed by atoms with van der Waals surface area (Å²) in [7, 11) is 0. The zero-order valence-corrected chi connectivity index (χ0v) is 13.2. The molecule has 0 saturated heterocycles. The smallest absolute Gasteiger partial charge is 0.244 e. The third-order valence-electron chi connectivity index (χ3n) is 4.16. The number of aldehydes is 1. The van der Waals surface area contributed by atoms with Crippen LogP contribution in [0, 0.1) is 23.4 Å². The predicted molar refractivity (Wildman–Crippen MR) is 83.7 cm³/mol. The van der Waals surface area contributed by atoms with Crippen molar-refractivity contribution in [3.63, 3.8) is 0 Å². The second-order valence-electron chi connectivity index (χ2n) is 6.09. The van der Waals surface area contributed by atoms with Gasteiger partial charge in [-0.15, -0.1) is 0 Å². The average molecular weight is 339 g/mol. The first-order valence-electron chi connectivity index (χ1n) is 8.07. The number of hydrogen-bond donors (Lipinski definition) is 1. The van der Waals surface area contributed by atoms with Crippen molar-refractivity contribution in [1.82, 2.24) is 5.32 Å². The highest BCUT2D eigenvalue weighted by Gasteiger charge is 2.16. The minimum Gasteiger partial charge on any atom is -0.343 e. The maximum atomic E-state index is 13.2. The minimum absolute atomic E-state index is 0.0973. The van der Waals surface area contributed by atoms with Crippen LogP contribution < -0.4 is 5.32 Å². The summed E-state index contributed by atoms with van der Waals surface area (Å²) in [6.07, 6.45) is 9.24. The lowest BCUT2D eigenvalue weighted by Gasteiger charge is -2.17. The van der Waals surface area contributed by atoms with Crippen molar-refractivity contribution < 1.29 is 22.8 Å². The molecular weight excluding hydrogens is 319 g/mol. The predicted octanol–water partition coefficient (Wildman–Crippen LogP) is 3.47. The Morgan fingerprint density at radius 1 is 1.17 bits per heavy atom. The van der Waals surface area contributed by atoms with E-state index in [1.54, 1.807) is 0 Å². The molecule has 1 aromatic carbocycles. The molecule has 0 spiro atoms. The molecule has 1 N–H and O–H groups in total. The third-order valence-corrected chi connectivity index (χ3v) is 4.16. The molecule has 1 aliphatic rings. The van der Waals surface area contributed by atoms with Crippen molar-refractivity contribution in [3.05, 3.63) is 47.3 Å². The molecule has 1 atom stereocenters. The Morgan fingerprint density at radius 3 is 2.38 bits per heavy atom. The molecule has 1 aliphatic carbocycles. The quantitative estimate of drug-likeness (QED) is 0.490. The van der Waals surface area contributed by atoms with Gasteiger partial charge in [-0.1, -0.05) is 25.3 Å². The third kappa shape index (κ3) is 5.22. The van der Waals surface area contributed by atoms with E-state index in [1.807, 2.05) is 6.08 Å². The Morgan fingerprint density at radius 2 is 1.79 bits per heavy atom. The average Bonchev–Trinajstić information content (AvgIpc) is 2.58. The molecule has 0 aliphatic heterocycles. The van der Waals surface area contributed by atoms with Gasteiger partial charge in [0.1, 0.15) is 6.29 Å². The Bertz CT molecular complexity index is 602. The van der Waals surface area contributed by atoms with E-state index in [0.29, 0.717) is 12.2 Å². The van der Waals surface area contributed by atoms with E-state index >= 15 is 0 Å². The van der Waals surface area contributed by atoms with E-state index in [0.717, 1.165) is 37.8 Å². The van der Waals surface area contributed by atoms with E-state index in [9.17, 15) is 22.8 Å². The fraction of sp³-hybridized carbons (Fsp3) is 0.444. The van der Waals surface area contributed by atoms with Gasteiger partial charge < -0.3 is 10.1 Å². The first-order valence-corrected chi connectivity index (χ1v) is 8.07. The number of allylic oxidation sites excluding steroid dienone is 1. The number of rotatable bonds is 6. The molecular formula is C18H20F3NO2. The minimum atomic E-state index is -1.55. The molecule has 1 aromatic rings. The van der Waals surface area contributed by atoms with Crippen LogP contribution in [0.3, 0.4) is 0 Å². The molecule has 1 fully saturated rings. The van der Waals surface area contributed by atoms with E-state index in [1.165, 1.54) is 12.5 Å². The van der Waals surface area contributed by atoms with E-state index in [2.05, 4.69) is 5.32 Å². The number of nitrogens with one attached hydrogen (secondary N) is 1. The lowest BCUT2D eigenvalue weighted by atomic mass is 9.89. The Hall–Kier alpha value is -2.11. The van der Waals surface area contributed by atoms with Crippen LogP contribution in [0.25, 0.3) is 0 Å². The Labute approximate surface area is 138 Å². The Kier molecular flexibility index (Phi) is 6.58. The maximum Gasteiger partial charge on any atom is 0.244 e. The van der Waals surface area contributed by atoms with Gasteiger partial charge in [0.15, 0.2) is 17.5 Å². The van der Waals surface area contributed by atoms with Gasteiger partial charge in [0.05, 0.1) is 6.04 Å². The van der Waals surface area contributed by atoms with Gasteiger partial charge in [-0.3, -0.25) is 4.79 Å². The van der Waals surface area contributed by atoms with Crippen molar-refractivity contribution in [2.75, 3.05) is 0 Å². The molecule has 6 heteroatoms. The van der Waals surface area contributed by atoms with Crippen LogP contribution in [-0.4, -0.2) is 18.2 Å². The second-order valence-corrected chi connectivity index (χ2v) is 6.09. The van der Waals surface area contributed by atoms with E-state index < -0.39 is 29.4 Å². The van der Waals surface area contributed by atoms with Crippen LogP contribution in [0.1, 0.15) is 37.7 Å². The second kappa shape index (κ2) is 8.66. The molecule has 0 radical (unpaired) electrons. The molecule has 3 nitrogen and oxygen atoms in total. The van der Waals surface area contributed by atoms with Crippen molar-refractivity contribution in [2.45, 2.75) is 44.6 Å². The van der Waals surface area contributed by atoms with Crippen molar-refractivity contribution >= 4 is 12.2 Å². The van der Waals surface area contributed by atoms with Crippen molar-refractivity contribution in [2.24, 2.45) is 5.92 Å². The molecule has 1 amide bonds. The molecule has 0 heterocycles. The lowest BCUT2D eigenvalue weighted by Crippen LogP contribution is -2.36. The van der Waals surface area contributed by atoms with Crippen LogP contribution in [0.15, 0.2) is 24.3 Å². The molecule has 24 heavy (non-hydrogen) atoms. The molecule has 2 rings (SSSR count). The number of halogens is 3. The van der Waals surface area contributed by atoms with Gasteiger partial charge in [-0.2, -0.15) is 0 Å². The summed E-state index contributed by atoms with van der Waals surface area (Å²) < 4.78 is 39.3. The van der Waals surface area contributed by atoms with Crippen LogP contribution in [0.5, 0.6) is 0 Å². The summed E-state index contributed by atoms with van der Waals surface area (Å²) in [5.41, 5.74) is 0.0973. The normalized spacial score (nSPS) is 17.0. The first kappa shape index (κ1) is 18.2. The van der Waals surface area contributed by atoms with Crippen molar-refractivity contribution in [3.8, 4) is 0 Å². The maximum absolute atomic E-state index is 13.2. The molecule has 1 saturated carbocycles. The summed E-state index contributed by atoms with van der Waals surface area (Å²) in [6.45, 7) is 0. The number of carbonyl (C=O) groups excluding carboxylic acids is 2. The van der Waals surface area contributed by atoms with Gasteiger partial charge in [0.25, 0.3) is 0 Å². The van der Waals surface area contributed by atoms with Crippen molar-refractivity contribution in [1.29, 1.82) is 0 Å². The van der Waals surface area contributed by atoms with Gasteiger partial charge >= 0.3 is 0 Å². The topological polar surface area (TPSA) is 46.2 Å². The van der Waals surface area contributed by atoms with E-state index in [-0.39, 0.29) is 12.0 Å². The number of carbonyl (C=O) groups is 2. The van der Waals surface area contributed by atoms with E-state index in [4.69, 9.17) is 0 Å². The van der Waals surface area contributed by atoms with Gasteiger partial charge in [-0.05, 0) is 49.0 Å². The van der Waals surface area contributed by atoms with Crippen LogP contribution in [0.2, 0.25) is 0 Å². The highest BCUT2D eigenvalue weighted by Crippen LogP contribution is 2.24. The van der Waals surface area contributed by atoms with Gasteiger partial charge in [0.2, 0.25) is 5.91 Å². The summed E-state index contributed by atoms with van der Waals surface area (Å²) >= 11 is 0. The number of hydrogen-bond acceptors (Lipinski definition) is 2. The van der Waals surface area contributed by atoms with Crippen LogP contribution in [0.4, 0.5) is 13.2 Å². The molecule has 0 bridgehead atoms. The number of amides is 1. The summed E-state index contributed by atoms with van der Waals surface area (Å²) in [5, 5.41) is 2.48. The fourth-order valence-electron chi connectivity index (χ4n) is 2.89. The SMILES string of the molecule is O=CC(Cc1cc(F)c(F)c(F)c1)NC(=O)/C=C/C1CCCCC1. The van der Waals surface area contributed by atoms with Gasteiger partial charge in [0, 0.05) is 0 Å². The molecule has 130 valence electrons. The first-order chi connectivity index (χ1) is 11.5. The summed E-state index contributed by atoms with van der Waals surface area (Å²) in [6, 6.07) is 0.704. The summed E-state index contributed by atoms with van der Waals surface area (Å²) in [4.78, 5) is 23.0. The monoisotopic (exact) mass is 339 g/mol. The highest BCUT2D eigenvalue weighted by molar-refractivity contribution is 5.89. The Balaban J connectivity index is 1.92. The highest BCUT2D eigenvalue weighted by atomic mass is 19.2. The fourth-order valence-corrected chi connectivity index (χ4v) is 2.89.